The number of nitrogens with one attached hydrogen (secondary N) is 3. The first kappa shape index (κ1) is 50.0. The molecule has 360 valence electrons. The molecular formula is C52H63FN8O6S. The van der Waals surface area contributed by atoms with Gasteiger partial charge in [0.05, 0.1) is 77.9 Å². The average Bonchev–Trinajstić information content (AvgIpc) is 4.02. The van der Waals surface area contributed by atoms with Gasteiger partial charge in [0.25, 0.3) is 0 Å². The van der Waals surface area contributed by atoms with Crippen molar-refractivity contribution < 1.29 is 33.4 Å². The lowest BCUT2D eigenvalue weighted by Crippen LogP contribution is -2.58. The van der Waals surface area contributed by atoms with Gasteiger partial charge in [-0.25, -0.2) is 14.4 Å². The van der Waals surface area contributed by atoms with Gasteiger partial charge in [-0.05, 0) is 79.1 Å². The van der Waals surface area contributed by atoms with Crippen LogP contribution in [0.5, 0.6) is 0 Å². The lowest BCUT2D eigenvalue weighted by molar-refractivity contribution is -0.144. The number of hydrogen-bond acceptors (Lipinski definition) is 11. The fourth-order valence-corrected chi connectivity index (χ4v) is 9.71. The molecule has 1 aliphatic rings. The van der Waals surface area contributed by atoms with Crippen molar-refractivity contribution in [3.8, 4) is 33.0 Å². The average molecular weight is 947 g/mol. The van der Waals surface area contributed by atoms with Gasteiger partial charge in [0.15, 0.2) is 0 Å². The molecule has 3 aromatic carbocycles. The number of halogens is 1. The molecule has 0 unspecified atom stereocenters. The van der Waals surface area contributed by atoms with E-state index in [-0.39, 0.29) is 49.7 Å². The Morgan fingerprint density at radius 2 is 1.65 bits per heavy atom. The van der Waals surface area contributed by atoms with Crippen LogP contribution in [0.3, 0.4) is 0 Å². The van der Waals surface area contributed by atoms with Gasteiger partial charge in [-0.1, -0.05) is 57.2 Å². The number of benzene rings is 3. The minimum Gasteiger partial charge on any atom is -0.391 e. The predicted molar refractivity (Wildman–Crippen MR) is 263 cm³/mol. The quantitative estimate of drug-likeness (QED) is 0.0601. The number of ether oxygens (including phenoxy) is 2. The normalized spacial score (nSPS) is 16.0. The fraction of sp³-hybridized carbons (Fsp3) is 0.423. The van der Waals surface area contributed by atoms with Gasteiger partial charge in [0, 0.05) is 68.3 Å². The SMILES string of the molecule is Cc1cc(CNCCOCCOCCC(=O)N[C@H](C(=O)N2C[C@H](O)C[C@H]2C(=O)N[C@@H](C)c2ccc(-c3scnc3C)cc2)C(C)(C)C)cc(C)c1-c1ncn(C)c1-c1ccnc2cc(F)ccc12. The molecule has 14 nitrogen and oxygen atoms in total. The van der Waals surface area contributed by atoms with Gasteiger partial charge >= 0.3 is 0 Å². The summed E-state index contributed by atoms with van der Waals surface area (Å²) >= 11 is 1.58. The number of aryl methyl sites for hydroxylation is 4. The number of β-amino-alcohol motifs (C(OH)–C–C–N with tert-alkyl or cyclic N) is 1. The van der Waals surface area contributed by atoms with Crippen LogP contribution in [0.2, 0.25) is 0 Å². The van der Waals surface area contributed by atoms with E-state index in [0.717, 1.165) is 66.3 Å². The van der Waals surface area contributed by atoms with Crippen molar-refractivity contribution in [1.82, 2.24) is 40.4 Å². The summed E-state index contributed by atoms with van der Waals surface area (Å²) < 4.78 is 27.5. The van der Waals surface area contributed by atoms with Gasteiger partial charge in [0.2, 0.25) is 17.7 Å². The topological polar surface area (TPSA) is 173 Å². The van der Waals surface area contributed by atoms with E-state index >= 15 is 0 Å². The number of nitrogens with zero attached hydrogens (tertiary/aromatic N) is 5. The summed E-state index contributed by atoms with van der Waals surface area (Å²) in [5.41, 5.74) is 11.8. The Kier molecular flexibility index (Phi) is 16.2. The third-order valence-corrected chi connectivity index (χ3v) is 13.4. The van der Waals surface area contributed by atoms with Gasteiger partial charge in [-0.2, -0.15) is 0 Å². The molecule has 7 rings (SSSR count). The van der Waals surface area contributed by atoms with E-state index in [4.69, 9.17) is 14.5 Å². The molecule has 68 heavy (non-hydrogen) atoms. The van der Waals surface area contributed by atoms with Crippen molar-refractivity contribution >= 4 is 40.0 Å². The molecule has 0 radical (unpaired) electrons. The molecule has 3 aromatic heterocycles. The van der Waals surface area contributed by atoms with Crippen molar-refractivity contribution in [2.45, 2.75) is 92.1 Å². The maximum absolute atomic E-state index is 14.1. The molecule has 1 aliphatic heterocycles. The number of fused-ring (bicyclic) bond motifs is 1. The maximum atomic E-state index is 14.1. The maximum Gasteiger partial charge on any atom is 0.246 e. The molecule has 4 heterocycles. The standard InChI is InChI=1S/C52H63FN8O6S/c1-31-23-35(24-32(2)45(31)46-47(60(8)29-56-46)41-15-17-55-42-25-38(53)13-14-40(41)42)27-54-18-20-67-22-21-66-19-16-44(63)59-49(52(5,6)7)51(65)61-28-39(62)26-43(61)50(64)58-33(3)36-9-11-37(12-10-36)48-34(4)57-30-68-48/h9-15,17,23-25,29-30,33,39,43,49,54,62H,16,18-22,26-28H2,1-8H3,(H,58,64)(H,59,63)/t33-,39+,43-,49+/m0/s1. The second-order valence-corrected chi connectivity index (χ2v) is 19.6. The van der Waals surface area contributed by atoms with Gasteiger partial charge in [-0.15, -0.1) is 11.3 Å². The second-order valence-electron chi connectivity index (χ2n) is 18.7. The number of likely N-dealkylation sites (tertiary alicyclic amines) is 1. The highest BCUT2D eigenvalue weighted by Crippen LogP contribution is 2.38. The van der Waals surface area contributed by atoms with Crippen LogP contribution in [0, 0.1) is 32.0 Å². The molecule has 1 fully saturated rings. The van der Waals surface area contributed by atoms with E-state index in [1.165, 1.54) is 17.0 Å². The zero-order valence-corrected chi connectivity index (χ0v) is 41.0. The van der Waals surface area contributed by atoms with E-state index in [1.54, 1.807) is 29.9 Å². The van der Waals surface area contributed by atoms with E-state index in [9.17, 15) is 23.9 Å². The number of aliphatic hydroxyl groups excluding tert-OH is 1. The Morgan fingerprint density at radius 3 is 2.34 bits per heavy atom. The Hall–Kier alpha value is -5.91. The number of hydrogen-bond donors (Lipinski definition) is 4. The van der Waals surface area contributed by atoms with Gasteiger partial charge < -0.3 is 40.0 Å². The summed E-state index contributed by atoms with van der Waals surface area (Å²) in [5, 5.41) is 20.9. The molecular weight excluding hydrogens is 884 g/mol. The third-order valence-electron chi connectivity index (χ3n) is 12.4. The van der Waals surface area contributed by atoms with Crippen molar-refractivity contribution in [2.24, 2.45) is 12.5 Å². The molecule has 16 heteroatoms. The van der Waals surface area contributed by atoms with Crippen LogP contribution in [-0.2, 0) is 37.4 Å². The molecule has 0 saturated carbocycles. The molecule has 0 spiro atoms. The highest BCUT2D eigenvalue weighted by atomic mass is 32.1. The third kappa shape index (κ3) is 11.8. The summed E-state index contributed by atoms with van der Waals surface area (Å²) in [6.07, 6.45) is 2.78. The van der Waals surface area contributed by atoms with Crippen LogP contribution in [0.25, 0.3) is 43.9 Å². The fourth-order valence-electron chi connectivity index (χ4n) is 8.90. The van der Waals surface area contributed by atoms with E-state index < -0.39 is 29.5 Å². The first-order valence-corrected chi connectivity index (χ1v) is 24.0. The lowest BCUT2D eigenvalue weighted by atomic mass is 9.85. The first-order valence-electron chi connectivity index (χ1n) is 23.1. The minimum atomic E-state index is -0.932. The number of aromatic nitrogens is 4. The molecule has 4 atom stereocenters. The molecule has 3 amide bonds. The summed E-state index contributed by atoms with van der Waals surface area (Å²) in [6, 6.07) is 16.7. The Balaban J connectivity index is 0.821. The highest BCUT2D eigenvalue weighted by Gasteiger charge is 2.44. The molecule has 4 N–H and O–H groups in total. The number of pyridine rings is 1. The smallest absolute Gasteiger partial charge is 0.246 e. The van der Waals surface area contributed by atoms with Crippen LogP contribution in [0.1, 0.15) is 74.5 Å². The molecule has 0 bridgehead atoms. The summed E-state index contributed by atoms with van der Waals surface area (Å²) in [5.74, 6) is -1.46. The van der Waals surface area contributed by atoms with Gasteiger partial charge in [0.1, 0.15) is 17.9 Å². The first-order chi connectivity index (χ1) is 32.5. The number of rotatable bonds is 19. The summed E-state index contributed by atoms with van der Waals surface area (Å²) in [6.45, 7) is 16.1. The number of thiazole rings is 1. The van der Waals surface area contributed by atoms with Crippen molar-refractivity contribution in [2.75, 3.05) is 39.5 Å². The highest BCUT2D eigenvalue weighted by molar-refractivity contribution is 7.13. The summed E-state index contributed by atoms with van der Waals surface area (Å²) in [4.78, 5) is 56.9. The van der Waals surface area contributed by atoms with Crippen molar-refractivity contribution in [1.29, 1.82) is 0 Å². The lowest BCUT2D eigenvalue weighted by Gasteiger charge is -2.35. The monoisotopic (exact) mass is 946 g/mol. The Labute approximate surface area is 401 Å². The minimum absolute atomic E-state index is 0.00654. The second kappa shape index (κ2) is 22.0. The van der Waals surface area contributed by atoms with Crippen LogP contribution >= 0.6 is 11.3 Å². The Morgan fingerprint density at radius 1 is 0.926 bits per heavy atom. The Bertz CT molecular complexity index is 2710. The van der Waals surface area contributed by atoms with E-state index in [1.807, 2.05) is 82.1 Å². The van der Waals surface area contributed by atoms with Crippen molar-refractivity contribution in [3.05, 3.63) is 112 Å². The number of carbonyl (C=O) groups is 3. The van der Waals surface area contributed by atoms with Crippen molar-refractivity contribution in [3.63, 3.8) is 0 Å². The number of imidazole rings is 1. The molecule has 6 aromatic rings. The molecule has 0 aliphatic carbocycles. The zero-order valence-electron chi connectivity index (χ0n) is 40.2. The van der Waals surface area contributed by atoms with Crippen LogP contribution in [0.15, 0.2) is 78.7 Å². The van der Waals surface area contributed by atoms with Crippen LogP contribution in [0.4, 0.5) is 4.39 Å². The van der Waals surface area contributed by atoms with Crippen LogP contribution < -0.4 is 16.0 Å². The van der Waals surface area contributed by atoms with Gasteiger partial charge in [-0.3, -0.25) is 19.4 Å². The number of carbonyl (C=O) groups excluding carboxylic acids is 3. The van der Waals surface area contributed by atoms with E-state index in [0.29, 0.717) is 38.4 Å². The molecule has 1 saturated heterocycles. The zero-order chi connectivity index (χ0) is 48.7. The predicted octanol–water partition coefficient (Wildman–Crippen LogP) is 7.37. The van der Waals surface area contributed by atoms with Crippen LogP contribution in [-0.4, -0.2) is 105 Å². The number of aliphatic hydroxyl groups is 1. The number of amides is 3. The largest absolute Gasteiger partial charge is 0.391 e. The van der Waals surface area contributed by atoms with E-state index in [2.05, 4.69) is 51.9 Å². The summed E-state index contributed by atoms with van der Waals surface area (Å²) in [7, 11) is 1.96.